The lowest BCUT2D eigenvalue weighted by Crippen LogP contribution is -2.37. The number of anilines is 1. The second-order valence-electron chi connectivity index (χ2n) is 6.33. The Bertz CT molecular complexity index is 1030. The molecule has 0 aliphatic carbocycles. The van der Waals surface area contributed by atoms with Crippen molar-refractivity contribution in [1.29, 1.82) is 0 Å². The highest BCUT2D eigenvalue weighted by Crippen LogP contribution is 2.17. The van der Waals surface area contributed by atoms with Crippen LogP contribution in [0, 0.1) is 0 Å². The van der Waals surface area contributed by atoms with Gasteiger partial charge in [0.25, 0.3) is 5.56 Å². The molecule has 0 unspecified atom stereocenters. The summed E-state index contributed by atoms with van der Waals surface area (Å²) in [6.07, 6.45) is -0.0734. The lowest BCUT2D eigenvalue weighted by molar-refractivity contribution is 0.152. The molecule has 0 amide bonds. The van der Waals surface area contributed by atoms with Gasteiger partial charge >= 0.3 is 5.69 Å². The molecule has 0 aliphatic rings. The molecule has 26 heavy (non-hydrogen) atoms. The van der Waals surface area contributed by atoms with Crippen molar-refractivity contribution in [1.82, 2.24) is 18.7 Å². The number of nitrogens with zero attached hydrogens (tertiary/aromatic N) is 4. The summed E-state index contributed by atoms with van der Waals surface area (Å²) in [5.41, 5.74) is 0.808. The predicted molar refractivity (Wildman–Crippen MR) is 100 cm³/mol. The van der Waals surface area contributed by atoms with Crippen molar-refractivity contribution < 1.29 is 5.11 Å². The Labute approximate surface area is 150 Å². The summed E-state index contributed by atoms with van der Waals surface area (Å²) in [4.78, 5) is 29.3. The zero-order valence-electron chi connectivity index (χ0n) is 15.1. The smallest absolute Gasteiger partial charge is 0.332 e. The van der Waals surface area contributed by atoms with E-state index in [1.165, 1.54) is 11.6 Å². The minimum Gasteiger partial charge on any atom is -0.391 e. The van der Waals surface area contributed by atoms with E-state index in [4.69, 9.17) is 0 Å². The van der Waals surface area contributed by atoms with Gasteiger partial charge in [-0.2, -0.15) is 4.98 Å². The van der Waals surface area contributed by atoms with Crippen molar-refractivity contribution in [2.24, 2.45) is 14.1 Å². The van der Waals surface area contributed by atoms with Gasteiger partial charge in [-0.05, 0) is 12.0 Å². The topological polar surface area (TPSA) is 94.1 Å². The van der Waals surface area contributed by atoms with E-state index in [0.29, 0.717) is 30.1 Å². The Balaban J connectivity index is 2.13. The maximum atomic E-state index is 12.7. The van der Waals surface area contributed by atoms with Crippen LogP contribution in [0.3, 0.4) is 0 Å². The summed E-state index contributed by atoms with van der Waals surface area (Å²) in [5.74, 6) is 0.453. The van der Waals surface area contributed by atoms with Gasteiger partial charge in [0, 0.05) is 20.6 Å². The second kappa shape index (κ2) is 7.17. The Kier molecular flexibility index (Phi) is 4.94. The van der Waals surface area contributed by atoms with Crippen LogP contribution in [-0.2, 0) is 27.2 Å². The van der Waals surface area contributed by atoms with Crippen LogP contribution >= 0.6 is 0 Å². The second-order valence-corrected chi connectivity index (χ2v) is 6.33. The van der Waals surface area contributed by atoms with E-state index < -0.39 is 17.4 Å². The van der Waals surface area contributed by atoms with Crippen LogP contribution in [0.2, 0.25) is 0 Å². The molecule has 2 aromatic heterocycles. The number of aromatic nitrogens is 4. The summed E-state index contributed by atoms with van der Waals surface area (Å²) in [5, 5.41) is 13.3. The number of aliphatic hydroxyl groups is 1. The molecule has 2 N–H and O–H groups in total. The fourth-order valence-electron chi connectivity index (χ4n) is 2.88. The summed E-state index contributed by atoms with van der Waals surface area (Å²) < 4.78 is 4.06. The molecule has 0 saturated carbocycles. The first-order valence-electron chi connectivity index (χ1n) is 8.56. The van der Waals surface area contributed by atoms with Crippen molar-refractivity contribution in [3.63, 3.8) is 0 Å². The number of rotatable bonds is 6. The van der Waals surface area contributed by atoms with Crippen molar-refractivity contribution >= 4 is 17.1 Å². The fourth-order valence-corrected chi connectivity index (χ4v) is 2.88. The third-order valence-corrected chi connectivity index (χ3v) is 4.51. The van der Waals surface area contributed by atoms with Gasteiger partial charge in [0.15, 0.2) is 11.2 Å². The molecular formula is C18H23N5O3. The highest BCUT2D eigenvalue weighted by atomic mass is 16.3. The Hall–Kier alpha value is -2.87. The molecule has 8 nitrogen and oxygen atoms in total. The van der Waals surface area contributed by atoms with Crippen molar-refractivity contribution in [3.8, 4) is 0 Å². The van der Waals surface area contributed by atoms with E-state index in [1.807, 2.05) is 37.3 Å². The summed E-state index contributed by atoms with van der Waals surface area (Å²) >= 11 is 0. The van der Waals surface area contributed by atoms with Gasteiger partial charge in [-0.3, -0.25) is 13.9 Å². The molecular weight excluding hydrogens is 334 g/mol. The predicted octanol–water partition coefficient (Wildman–Crippen LogP) is 0.817. The molecule has 0 aliphatic heterocycles. The molecule has 2 heterocycles. The largest absolute Gasteiger partial charge is 0.391 e. The Morgan fingerprint density at radius 2 is 1.85 bits per heavy atom. The first-order valence-corrected chi connectivity index (χ1v) is 8.56. The molecule has 0 radical (unpaired) electrons. The summed E-state index contributed by atoms with van der Waals surface area (Å²) in [6.45, 7) is 2.60. The molecule has 0 fully saturated rings. The number of aryl methyl sites for hydroxylation is 1. The first-order chi connectivity index (χ1) is 12.4. The Morgan fingerprint density at radius 3 is 2.50 bits per heavy atom. The normalized spacial score (nSPS) is 12.5. The van der Waals surface area contributed by atoms with Crippen molar-refractivity contribution in [2.75, 3.05) is 5.32 Å². The number of benzene rings is 1. The monoisotopic (exact) mass is 357 g/mol. The Morgan fingerprint density at radius 1 is 1.15 bits per heavy atom. The van der Waals surface area contributed by atoms with Gasteiger partial charge < -0.3 is 15.0 Å². The van der Waals surface area contributed by atoms with Gasteiger partial charge in [0.05, 0.1) is 12.6 Å². The van der Waals surface area contributed by atoms with E-state index in [2.05, 4.69) is 10.3 Å². The van der Waals surface area contributed by atoms with E-state index in [9.17, 15) is 14.7 Å². The maximum Gasteiger partial charge on any atom is 0.332 e. The third-order valence-electron chi connectivity index (χ3n) is 4.51. The highest BCUT2D eigenvalue weighted by molar-refractivity contribution is 5.74. The van der Waals surface area contributed by atoms with Crippen LogP contribution in [0.25, 0.3) is 11.2 Å². The third kappa shape index (κ3) is 3.15. The number of fused-ring (bicyclic) bond motifs is 1. The van der Waals surface area contributed by atoms with Gasteiger partial charge in [0.2, 0.25) is 5.95 Å². The number of hydrogen-bond acceptors (Lipinski definition) is 5. The van der Waals surface area contributed by atoms with Crippen molar-refractivity contribution in [3.05, 3.63) is 56.7 Å². The average molecular weight is 357 g/mol. The molecule has 0 bridgehead atoms. The van der Waals surface area contributed by atoms with Crippen LogP contribution in [-0.4, -0.2) is 29.9 Å². The molecule has 3 aromatic rings. The summed E-state index contributed by atoms with van der Waals surface area (Å²) in [6, 6.07) is 9.79. The lowest BCUT2D eigenvalue weighted by atomic mass is 10.2. The van der Waals surface area contributed by atoms with Crippen LogP contribution in [0.5, 0.6) is 0 Å². The van der Waals surface area contributed by atoms with E-state index >= 15 is 0 Å². The SMILES string of the molecule is CC[C@@H](O)Cn1c(NCc2ccccc2)nc2c1c(=O)n(C)c(=O)n2C. The first kappa shape index (κ1) is 17.9. The number of aliphatic hydroxyl groups excluding tert-OH is 1. The molecule has 0 saturated heterocycles. The fraction of sp³-hybridized carbons (Fsp3) is 0.389. The number of nitrogens with one attached hydrogen (secondary N) is 1. The average Bonchev–Trinajstić information content (AvgIpc) is 3.02. The molecule has 138 valence electrons. The quantitative estimate of drug-likeness (QED) is 0.681. The molecule has 8 heteroatoms. The zero-order valence-corrected chi connectivity index (χ0v) is 15.1. The zero-order chi connectivity index (χ0) is 18.8. The van der Waals surface area contributed by atoms with Crippen LogP contribution in [0.1, 0.15) is 18.9 Å². The minimum absolute atomic E-state index is 0.220. The van der Waals surface area contributed by atoms with Gasteiger partial charge in [0.1, 0.15) is 0 Å². The van der Waals surface area contributed by atoms with Gasteiger partial charge in [-0.25, -0.2) is 4.79 Å². The molecule has 1 aromatic carbocycles. The molecule has 0 spiro atoms. The van der Waals surface area contributed by atoms with Crippen molar-refractivity contribution in [2.45, 2.75) is 32.5 Å². The number of hydrogen-bond donors (Lipinski definition) is 2. The summed E-state index contributed by atoms with van der Waals surface area (Å²) in [7, 11) is 3.02. The molecule has 3 rings (SSSR count). The van der Waals surface area contributed by atoms with Crippen LogP contribution in [0.15, 0.2) is 39.9 Å². The van der Waals surface area contributed by atoms with Gasteiger partial charge in [-0.15, -0.1) is 0 Å². The van der Waals surface area contributed by atoms with Crippen LogP contribution in [0.4, 0.5) is 5.95 Å². The highest BCUT2D eigenvalue weighted by Gasteiger charge is 2.20. The van der Waals surface area contributed by atoms with E-state index in [-0.39, 0.29) is 6.54 Å². The molecule has 1 atom stereocenters. The standard InChI is InChI=1S/C18H23N5O3/c1-4-13(24)11-23-14-15(21(2)18(26)22(3)16(14)25)20-17(23)19-10-12-8-6-5-7-9-12/h5-9,13,24H,4,10-11H2,1-3H3,(H,19,20)/t13-/m1/s1. The minimum atomic E-state index is -0.619. The maximum absolute atomic E-state index is 12.7. The van der Waals surface area contributed by atoms with Crippen LogP contribution < -0.4 is 16.6 Å². The number of imidazole rings is 1. The lowest BCUT2D eigenvalue weighted by Gasteiger charge is -2.14. The van der Waals surface area contributed by atoms with E-state index in [0.717, 1.165) is 10.1 Å². The van der Waals surface area contributed by atoms with Gasteiger partial charge in [-0.1, -0.05) is 37.3 Å². The van der Waals surface area contributed by atoms with E-state index in [1.54, 1.807) is 11.6 Å².